The Morgan fingerprint density at radius 1 is 0.846 bits per heavy atom. The lowest BCUT2D eigenvalue weighted by Gasteiger charge is -2.04. The fourth-order valence-corrected chi connectivity index (χ4v) is 2.35. The van der Waals surface area contributed by atoms with Crippen LogP contribution in [0.5, 0.6) is 0 Å². The molecule has 0 saturated carbocycles. The molecule has 0 radical (unpaired) electrons. The molecule has 0 N–H and O–H groups in total. The number of benzene rings is 2. The van der Waals surface area contributed by atoms with Gasteiger partial charge in [0.2, 0.25) is 0 Å². The van der Waals surface area contributed by atoms with Gasteiger partial charge >= 0.3 is 11.9 Å². The summed E-state index contributed by atoms with van der Waals surface area (Å²) in [5, 5.41) is 4.04. The average molecular weight is 350 g/mol. The summed E-state index contributed by atoms with van der Waals surface area (Å²) in [6.07, 6.45) is 0. The Morgan fingerprint density at radius 3 is 1.88 bits per heavy atom. The van der Waals surface area contributed by atoms with Crippen LogP contribution in [0.1, 0.15) is 32.1 Å². The topological polar surface area (TPSA) is 70.4 Å². The summed E-state index contributed by atoms with van der Waals surface area (Å²) in [6.45, 7) is 0.294. The van der Waals surface area contributed by atoms with E-state index in [4.69, 9.17) is 9.47 Å². The van der Waals surface area contributed by atoms with Crippen molar-refractivity contribution in [3.63, 3.8) is 0 Å². The highest BCUT2D eigenvalue weighted by atomic mass is 16.5. The van der Waals surface area contributed by atoms with Crippen LogP contribution in [0.2, 0.25) is 0 Å². The SMILES string of the molecule is Cn1nc(C(=O)OCc2ccccc2)cc1C(=O)OCc1ccccc1. The molecule has 6 heteroatoms. The van der Waals surface area contributed by atoms with Crippen molar-refractivity contribution in [2.75, 3.05) is 0 Å². The molecule has 0 bridgehead atoms. The average Bonchev–Trinajstić information content (AvgIpc) is 3.08. The smallest absolute Gasteiger partial charge is 0.359 e. The van der Waals surface area contributed by atoms with Crippen LogP contribution in [-0.2, 0) is 29.7 Å². The third-order valence-electron chi connectivity index (χ3n) is 3.72. The predicted molar refractivity (Wildman–Crippen MR) is 94.3 cm³/mol. The van der Waals surface area contributed by atoms with Crippen LogP contribution in [0, 0.1) is 0 Å². The second-order valence-electron chi connectivity index (χ2n) is 5.66. The van der Waals surface area contributed by atoms with Gasteiger partial charge < -0.3 is 9.47 Å². The van der Waals surface area contributed by atoms with Gasteiger partial charge in [0, 0.05) is 13.1 Å². The van der Waals surface area contributed by atoms with E-state index in [1.807, 2.05) is 60.7 Å². The van der Waals surface area contributed by atoms with Crippen molar-refractivity contribution in [2.24, 2.45) is 7.05 Å². The first-order chi connectivity index (χ1) is 12.6. The maximum absolute atomic E-state index is 12.2. The molecule has 1 heterocycles. The van der Waals surface area contributed by atoms with Gasteiger partial charge in [-0.1, -0.05) is 60.7 Å². The normalized spacial score (nSPS) is 10.3. The molecule has 132 valence electrons. The number of esters is 2. The van der Waals surface area contributed by atoms with Crippen molar-refractivity contribution in [3.05, 3.63) is 89.2 Å². The van der Waals surface area contributed by atoms with Gasteiger partial charge in [-0.3, -0.25) is 4.68 Å². The molecule has 0 aliphatic heterocycles. The molecule has 3 aromatic rings. The number of nitrogens with zero attached hydrogens (tertiary/aromatic N) is 2. The second kappa shape index (κ2) is 8.11. The highest BCUT2D eigenvalue weighted by Crippen LogP contribution is 2.10. The quantitative estimate of drug-likeness (QED) is 0.639. The van der Waals surface area contributed by atoms with Gasteiger partial charge in [-0.05, 0) is 11.1 Å². The van der Waals surface area contributed by atoms with E-state index in [0.717, 1.165) is 11.1 Å². The molecule has 6 nitrogen and oxygen atoms in total. The molecular formula is C20H18N2O4. The summed E-state index contributed by atoms with van der Waals surface area (Å²) in [5.74, 6) is -1.14. The minimum absolute atomic E-state index is 0.0649. The first kappa shape index (κ1) is 17.4. The van der Waals surface area contributed by atoms with E-state index < -0.39 is 11.9 Å². The number of ether oxygens (including phenoxy) is 2. The van der Waals surface area contributed by atoms with Gasteiger partial charge in [-0.25, -0.2) is 9.59 Å². The zero-order valence-electron chi connectivity index (χ0n) is 14.3. The Labute approximate surface area is 151 Å². The lowest BCUT2D eigenvalue weighted by molar-refractivity contribution is 0.0454. The first-order valence-corrected chi connectivity index (χ1v) is 8.09. The van der Waals surface area contributed by atoms with E-state index in [0.29, 0.717) is 0 Å². The minimum Gasteiger partial charge on any atom is -0.456 e. The Kier molecular flexibility index (Phi) is 5.43. The molecular weight excluding hydrogens is 332 g/mol. The van der Waals surface area contributed by atoms with Crippen LogP contribution in [-0.4, -0.2) is 21.7 Å². The molecule has 0 spiro atoms. The third kappa shape index (κ3) is 4.36. The number of hydrogen-bond donors (Lipinski definition) is 0. The van der Waals surface area contributed by atoms with Crippen molar-refractivity contribution in [3.8, 4) is 0 Å². The highest BCUT2D eigenvalue weighted by molar-refractivity contribution is 5.93. The molecule has 0 aliphatic carbocycles. The number of rotatable bonds is 6. The Morgan fingerprint density at radius 2 is 1.35 bits per heavy atom. The van der Waals surface area contributed by atoms with Gasteiger partial charge in [-0.2, -0.15) is 5.10 Å². The lowest BCUT2D eigenvalue weighted by Crippen LogP contribution is -2.10. The molecule has 26 heavy (non-hydrogen) atoms. The van der Waals surface area contributed by atoms with Crippen LogP contribution >= 0.6 is 0 Å². The summed E-state index contributed by atoms with van der Waals surface area (Å²) in [7, 11) is 1.58. The molecule has 0 unspecified atom stereocenters. The van der Waals surface area contributed by atoms with Gasteiger partial charge in [0.25, 0.3) is 0 Å². The summed E-state index contributed by atoms with van der Waals surface area (Å²) >= 11 is 0. The molecule has 2 aromatic carbocycles. The van der Waals surface area contributed by atoms with Crippen molar-refractivity contribution >= 4 is 11.9 Å². The maximum atomic E-state index is 12.2. The maximum Gasteiger partial charge on any atom is 0.359 e. The summed E-state index contributed by atoms with van der Waals surface area (Å²) < 4.78 is 11.8. The molecule has 3 rings (SSSR count). The summed E-state index contributed by atoms with van der Waals surface area (Å²) in [4.78, 5) is 24.4. The summed E-state index contributed by atoms with van der Waals surface area (Å²) in [6, 6.07) is 20.1. The van der Waals surface area contributed by atoms with E-state index >= 15 is 0 Å². The molecule has 0 atom stereocenters. The van der Waals surface area contributed by atoms with Crippen molar-refractivity contribution in [1.29, 1.82) is 0 Å². The monoisotopic (exact) mass is 350 g/mol. The van der Waals surface area contributed by atoms with Crippen LogP contribution < -0.4 is 0 Å². The zero-order valence-corrected chi connectivity index (χ0v) is 14.3. The second-order valence-corrected chi connectivity index (χ2v) is 5.66. The third-order valence-corrected chi connectivity index (χ3v) is 3.72. The number of aromatic nitrogens is 2. The fourth-order valence-electron chi connectivity index (χ4n) is 2.35. The van der Waals surface area contributed by atoms with Crippen LogP contribution in [0.4, 0.5) is 0 Å². The number of hydrogen-bond acceptors (Lipinski definition) is 5. The standard InChI is InChI=1S/C20H18N2O4/c1-22-18(20(24)26-14-16-10-6-3-7-11-16)12-17(21-22)19(23)25-13-15-8-4-2-5-9-15/h2-12H,13-14H2,1H3. The van der Waals surface area contributed by atoms with Crippen molar-refractivity contribution in [1.82, 2.24) is 9.78 Å². The van der Waals surface area contributed by atoms with E-state index in [-0.39, 0.29) is 24.6 Å². The fraction of sp³-hybridized carbons (Fsp3) is 0.150. The Balaban J connectivity index is 1.60. The van der Waals surface area contributed by atoms with Gasteiger partial charge in [0.1, 0.15) is 18.9 Å². The van der Waals surface area contributed by atoms with E-state index in [1.165, 1.54) is 10.7 Å². The zero-order chi connectivity index (χ0) is 18.4. The molecule has 0 saturated heterocycles. The number of aryl methyl sites for hydroxylation is 1. The van der Waals surface area contributed by atoms with Crippen molar-refractivity contribution < 1.29 is 19.1 Å². The van der Waals surface area contributed by atoms with Gasteiger partial charge in [0.05, 0.1) is 0 Å². The van der Waals surface area contributed by atoms with E-state index in [9.17, 15) is 9.59 Å². The molecule has 1 aromatic heterocycles. The molecule has 0 aliphatic rings. The Hall–Kier alpha value is -3.41. The minimum atomic E-state index is -0.591. The van der Waals surface area contributed by atoms with Crippen LogP contribution in [0.3, 0.4) is 0 Å². The molecule has 0 fully saturated rings. The van der Waals surface area contributed by atoms with Gasteiger partial charge in [0.15, 0.2) is 5.69 Å². The number of carbonyl (C=O) groups excluding carboxylic acids is 2. The summed E-state index contributed by atoms with van der Waals surface area (Å²) in [5.41, 5.74) is 2.01. The largest absolute Gasteiger partial charge is 0.456 e. The first-order valence-electron chi connectivity index (χ1n) is 8.09. The van der Waals surface area contributed by atoms with Crippen molar-refractivity contribution in [2.45, 2.75) is 13.2 Å². The molecule has 0 amide bonds. The number of carbonyl (C=O) groups is 2. The van der Waals surface area contributed by atoms with E-state index in [1.54, 1.807) is 7.05 Å². The Bertz CT molecular complexity index is 889. The predicted octanol–water partition coefficient (Wildman–Crippen LogP) is 3.13. The van der Waals surface area contributed by atoms with Crippen LogP contribution in [0.25, 0.3) is 0 Å². The lowest BCUT2D eigenvalue weighted by atomic mass is 10.2. The van der Waals surface area contributed by atoms with Gasteiger partial charge in [-0.15, -0.1) is 0 Å². The highest BCUT2D eigenvalue weighted by Gasteiger charge is 2.19. The van der Waals surface area contributed by atoms with Crippen LogP contribution in [0.15, 0.2) is 66.7 Å². The van der Waals surface area contributed by atoms with E-state index in [2.05, 4.69) is 5.10 Å².